The number of hydrogen-bond acceptors (Lipinski definition) is 5. The smallest absolute Gasteiger partial charge is 0.240 e. The quantitative estimate of drug-likeness (QED) is 0.855. The molecule has 2 aliphatic rings. The summed E-state index contributed by atoms with van der Waals surface area (Å²) in [4.78, 5) is 6.56. The molecule has 2 aliphatic carbocycles. The second-order valence-corrected chi connectivity index (χ2v) is 5.94. The molecule has 3 rings (SSSR count). The third kappa shape index (κ3) is 2.42. The highest BCUT2D eigenvalue weighted by molar-refractivity contribution is 4.92. The lowest BCUT2D eigenvalue weighted by Gasteiger charge is -2.26. The summed E-state index contributed by atoms with van der Waals surface area (Å²) in [7, 11) is 2.14. The fraction of sp³-hybridized carbons (Fsp3) is 0.846. The molecule has 1 aromatic rings. The number of fused-ring (bicyclic) bond motifs is 2. The maximum absolute atomic E-state index is 5.46. The molecule has 100 valence electrons. The molecule has 0 aliphatic heterocycles. The lowest BCUT2D eigenvalue weighted by atomic mass is 9.88. The topological polar surface area (TPSA) is 68.2 Å². The Morgan fingerprint density at radius 1 is 1.39 bits per heavy atom. The van der Waals surface area contributed by atoms with Crippen molar-refractivity contribution in [1.82, 2.24) is 15.0 Å². The van der Waals surface area contributed by atoms with E-state index in [2.05, 4.69) is 22.1 Å². The number of rotatable bonds is 5. The maximum atomic E-state index is 5.46. The van der Waals surface area contributed by atoms with E-state index >= 15 is 0 Å². The highest BCUT2D eigenvalue weighted by Gasteiger charge is 2.39. The van der Waals surface area contributed by atoms with Crippen molar-refractivity contribution in [1.29, 1.82) is 0 Å². The van der Waals surface area contributed by atoms with Crippen LogP contribution in [0.5, 0.6) is 0 Å². The van der Waals surface area contributed by atoms with Gasteiger partial charge in [0.15, 0.2) is 5.82 Å². The number of nitrogens with zero attached hydrogens (tertiary/aromatic N) is 3. The van der Waals surface area contributed by atoms with E-state index < -0.39 is 0 Å². The van der Waals surface area contributed by atoms with Gasteiger partial charge < -0.3 is 10.3 Å². The van der Waals surface area contributed by atoms with Gasteiger partial charge in [-0.3, -0.25) is 4.90 Å². The van der Waals surface area contributed by atoms with E-state index in [0.29, 0.717) is 12.4 Å². The van der Waals surface area contributed by atoms with E-state index in [1.807, 2.05) is 0 Å². The summed E-state index contributed by atoms with van der Waals surface area (Å²) < 4.78 is 5.02. The van der Waals surface area contributed by atoms with Gasteiger partial charge in [0.1, 0.15) is 0 Å². The van der Waals surface area contributed by atoms with Crippen LogP contribution in [0.1, 0.15) is 37.4 Å². The lowest BCUT2D eigenvalue weighted by molar-refractivity contribution is 0.209. The summed E-state index contributed by atoms with van der Waals surface area (Å²) in [5.74, 6) is 4.15. The van der Waals surface area contributed by atoms with Crippen LogP contribution in [0.3, 0.4) is 0 Å². The summed E-state index contributed by atoms with van der Waals surface area (Å²) >= 11 is 0. The summed E-state index contributed by atoms with van der Waals surface area (Å²) in [5, 5.41) is 3.94. The summed E-state index contributed by atoms with van der Waals surface area (Å²) in [5.41, 5.74) is 5.46. The van der Waals surface area contributed by atoms with Crippen LogP contribution < -0.4 is 5.73 Å². The zero-order chi connectivity index (χ0) is 12.5. The molecule has 0 aromatic carbocycles. The van der Waals surface area contributed by atoms with Crippen molar-refractivity contribution in [3.63, 3.8) is 0 Å². The molecule has 5 nitrogen and oxygen atoms in total. The molecular weight excluding hydrogens is 228 g/mol. The van der Waals surface area contributed by atoms with Crippen LogP contribution in [0.25, 0.3) is 0 Å². The van der Waals surface area contributed by atoms with Gasteiger partial charge in [0.25, 0.3) is 0 Å². The fourth-order valence-corrected chi connectivity index (χ4v) is 3.74. The van der Waals surface area contributed by atoms with Crippen molar-refractivity contribution in [2.45, 2.75) is 38.8 Å². The highest BCUT2D eigenvalue weighted by Crippen LogP contribution is 2.48. The predicted octanol–water partition coefficient (Wildman–Crippen LogP) is 1.40. The Bertz CT molecular complexity index is 405. The van der Waals surface area contributed by atoms with Crippen molar-refractivity contribution < 1.29 is 4.52 Å². The van der Waals surface area contributed by atoms with Crippen LogP contribution in [0, 0.1) is 17.8 Å². The van der Waals surface area contributed by atoms with Gasteiger partial charge in [-0.1, -0.05) is 11.6 Å². The van der Waals surface area contributed by atoms with Gasteiger partial charge in [0.2, 0.25) is 5.89 Å². The second kappa shape index (κ2) is 4.97. The van der Waals surface area contributed by atoms with Gasteiger partial charge in [-0.05, 0) is 44.1 Å². The van der Waals surface area contributed by atoms with Gasteiger partial charge in [0.05, 0.1) is 13.1 Å². The molecule has 0 spiro atoms. The molecule has 3 unspecified atom stereocenters. The molecule has 1 heterocycles. The molecule has 2 fully saturated rings. The van der Waals surface area contributed by atoms with Crippen LogP contribution in [-0.2, 0) is 13.1 Å². The zero-order valence-corrected chi connectivity index (χ0v) is 11.0. The molecular formula is C13H22N4O. The van der Waals surface area contributed by atoms with Crippen LogP contribution >= 0.6 is 0 Å². The van der Waals surface area contributed by atoms with E-state index in [-0.39, 0.29) is 0 Å². The van der Waals surface area contributed by atoms with Crippen LogP contribution in [-0.4, -0.2) is 28.6 Å². The Balaban J connectivity index is 1.51. The van der Waals surface area contributed by atoms with Crippen molar-refractivity contribution in [2.75, 3.05) is 13.6 Å². The molecule has 1 aromatic heterocycles. The highest BCUT2D eigenvalue weighted by atomic mass is 16.5. The first-order valence-corrected chi connectivity index (χ1v) is 6.94. The molecule has 18 heavy (non-hydrogen) atoms. The van der Waals surface area contributed by atoms with Gasteiger partial charge in [-0.15, -0.1) is 0 Å². The van der Waals surface area contributed by atoms with Crippen molar-refractivity contribution in [3.05, 3.63) is 11.7 Å². The number of nitrogens with two attached hydrogens (primary N) is 1. The van der Waals surface area contributed by atoms with Crippen LogP contribution in [0.15, 0.2) is 4.52 Å². The van der Waals surface area contributed by atoms with E-state index in [9.17, 15) is 0 Å². The van der Waals surface area contributed by atoms with Gasteiger partial charge in [-0.2, -0.15) is 4.98 Å². The van der Waals surface area contributed by atoms with Gasteiger partial charge >= 0.3 is 0 Å². The predicted molar refractivity (Wildman–Crippen MR) is 67.5 cm³/mol. The van der Waals surface area contributed by atoms with Crippen LogP contribution in [0.4, 0.5) is 0 Å². The summed E-state index contributed by atoms with van der Waals surface area (Å²) in [6.45, 7) is 2.24. The molecule has 2 bridgehead atoms. The molecule has 0 amide bonds. The largest absolute Gasteiger partial charge is 0.338 e. The average Bonchev–Trinajstić information content (AvgIpc) is 3.04. The van der Waals surface area contributed by atoms with E-state index in [1.54, 1.807) is 0 Å². The Morgan fingerprint density at radius 2 is 2.28 bits per heavy atom. The van der Waals surface area contributed by atoms with Gasteiger partial charge in [-0.25, -0.2) is 0 Å². The first kappa shape index (κ1) is 12.1. The molecule has 2 N–H and O–H groups in total. The molecule has 0 radical (unpaired) electrons. The number of aromatic nitrogens is 2. The zero-order valence-electron chi connectivity index (χ0n) is 11.0. The Morgan fingerprint density at radius 3 is 2.89 bits per heavy atom. The average molecular weight is 250 g/mol. The Hall–Kier alpha value is -0.940. The van der Waals surface area contributed by atoms with E-state index in [4.69, 9.17) is 10.3 Å². The Labute approximate surface area is 108 Å². The summed E-state index contributed by atoms with van der Waals surface area (Å²) in [6, 6.07) is 0. The SMILES string of the molecule is CN(Cc1noc(CN)n1)CC1CC2CCC1C2. The molecule has 0 saturated heterocycles. The standard InChI is InChI=1S/C13H22N4O/c1-17(8-12-15-13(6-14)18-16-12)7-11-5-9-2-3-10(11)4-9/h9-11H,2-8,14H2,1H3. The fourth-order valence-electron chi connectivity index (χ4n) is 3.74. The minimum absolute atomic E-state index is 0.323. The first-order chi connectivity index (χ1) is 8.74. The minimum atomic E-state index is 0.323. The van der Waals surface area contributed by atoms with E-state index in [0.717, 1.165) is 36.7 Å². The van der Waals surface area contributed by atoms with Crippen molar-refractivity contribution in [2.24, 2.45) is 23.5 Å². The second-order valence-electron chi connectivity index (χ2n) is 5.94. The first-order valence-electron chi connectivity index (χ1n) is 6.94. The third-order valence-electron chi connectivity index (χ3n) is 4.53. The van der Waals surface area contributed by atoms with Crippen molar-refractivity contribution >= 4 is 0 Å². The monoisotopic (exact) mass is 250 g/mol. The summed E-state index contributed by atoms with van der Waals surface area (Å²) in [6.07, 6.45) is 5.81. The van der Waals surface area contributed by atoms with Crippen LogP contribution in [0.2, 0.25) is 0 Å². The van der Waals surface area contributed by atoms with Gasteiger partial charge in [0, 0.05) is 6.54 Å². The number of hydrogen-bond donors (Lipinski definition) is 1. The molecule has 5 heteroatoms. The Kier molecular flexibility index (Phi) is 3.35. The third-order valence-corrected chi connectivity index (χ3v) is 4.53. The van der Waals surface area contributed by atoms with E-state index in [1.165, 1.54) is 25.7 Å². The normalized spacial score (nSPS) is 30.5. The molecule has 3 atom stereocenters. The lowest BCUT2D eigenvalue weighted by Crippen LogP contribution is -2.28. The minimum Gasteiger partial charge on any atom is -0.338 e. The van der Waals surface area contributed by atoms with Crippen molar-refractivity contribution in [3.8, 4) is 0 Å². The molecule has 2 saturated carbocycles. The maximum Gasteiger partial charge on any atom is 0.240 e.